The molecule has 6 nitrogen and oxygen atoms in total. The molecule has 2 spiro atoms. The van der Waals surface area contributed by atoms with Gasteiger partial charge in [0.05, 0.1) is 6.61 Å². The Labute approximate surface area is 240 Å². The number of aliphatic hydroxyl groups is 1. The molecule has 0 radical (unpaired) electrons. The molecule has 1 N–H and O–H groups in total. The number of Topliss-reactive ketones (excluding diaryl/α,β-unsaturated/α-hetero) is 1. The molecular weight excluding hydrogens is 504 g/mol. The van der Waals surface area contributed by atoms with Gasteiger partial charge in [-0.05, 0) is 101 Å². The largest absolute Gasteiger partial charge is 0.439 e. The number of aliphatic hydroxyl groups excluding tert-OH is 1. The van der Waals surface area contributed by atoms with Gasteiger partial charge in [-0.25, -0.2) is 0 Å². The standard InChI is InChI=1S/C34H50O6/c1-19-15-32(8)27-10-9-25-22(4)26(36)11-12-33(25)17-34(27,33)14-13-31(32,7)28(19)23(5)30(38)29(37)21(3)20(2)16-39-18-40-24(6)35/h11-12,19-20,22-23,25,27-28,30,38H,3,9-10,13-18H2,1-2,4-8H3/t19-,20-,22-,23-,25-,27-,28+,30+,31+,32-,33+,34-/m0/s1. The number of rotatable bonds is 9. The molecule has 222 valence electrons. The van der Waals surface area contributed by atoms with Gasteiger partial charge >= 0.3 is 5.97 Å². The van der Waals surface area contributed by atoms with Crippen molar-refractivity contribution in [3.8, 4) is 0 Å². The van der Waals surface area contributed by atoms with Gasteiger partial charge < -0.3 is 14.6 Å². The van der Waals surface area contributed by atoms with Crippen molar-refractivity contribution in [3.63, 3.8) is 0 Å². The molecule has 4 fully saturated rings. The summed E-state index contributed by atoms with van der Waals surface area (Å²) >= 11 is 0. The monoisotopic (exact) mass is 554 g/mol. The molecule has 5 aliphatic carbocycles. The van der Waals surface area contributed by atoms with Gasteiger partial charge in [-0.3, -0.25) is 14.4 Å². The van der Waals surface area contributed by atoms with Gasteiger partial charge in [0.25, 0.3) is 0 Å². The molecule has 0 aromatic rings. The summed E-state index contributed by atoms with van der Waals surface area (Å²) in [4.78, 5) is 37.0. The van der Waals surface area contributed by atoms with Gasteiger partial charge in [0, 0.05) is 18.8 Å². The Hall–Kier alpha value is -1.79. The third kappa shape index (κ3) is 3.98. The minimum Gasteiger partial charge on any atom is -0.439 e. The summed E-state index contributed by atoms with van der Waals surface area (Å²) in [6, 6.07) is 0. The van der Waals surface area contributed by atoms with Crippen molar-refractivity contribution in [1.82, 2.24) is 0 Å². The van der Waals surface area contributed by atoms with E-state index < -0.39 is 12.1 Å². The number of hydrogen-bond acceptors (Lipinski definition) is 6. The zero-order valence-electron chi connectivity index (χ0n) is 25.6. The SMILES string of the molecule is C=C(C(=O)[C@H](O)[C@@H](C)[C@H]1[C@@H](C)C[C@@]2(C)[C@@H]3CC[C@H]4[C@H](C)C(=O)C=C[C@@]45C[C@@]35CC[C@]12C)[C@@H](C)COCOC(C)=O. The lowest BCUT2D eigenvalue weighted by Crippen LogP contribution is -2.55. The molecule has 0 heterocycles. The van der Waals surface area contributed by atoms with E-state index in [9.17, 15) is 19.5 Å². The van der Waals surface area contributed by atoms with E-state index in [1.807, 2.05) is 13.0 Å². The first-order chi connectivity index (χ1) is 18.7. The Bertz CT molecular complexity index is 1130. The van der Waals surface area contributed by atoms with E-state index in [0.717, 1.165) is 19.3 Å². The average Bonchev–Trinajstić information content (AvgIpc) is 3.52. The van der Waals surface area contributed by atoms with Gasteiger partial charge in [-0.15, -0.1) is 0 Å². The first-order valence-corrected chi connectivity index (χ1v) is 15.5. The van der Waals surface area contributed by atoms with Gasteiger partial charge in [0.2, 0.25) is 0 Å². The highest BCUT2D eigenvalue weighted by Crippen LogP contribution is 2.87. The number of esters is 1. The second-order valence-corrected chi connectivity index (χ2v) is 14.9. The van der Waals surface area contributed by atoms with Gasteiger partial charge in [0.1, 0.15) is 6.10 Å². The minimum absolute atomic E-state index is 0.0273. The van der Waals surface area contributed by atoms with Gasteiger partial charge in [-0.1, -0.05) is 54.2 Å². The van der Waals surface area contributed by atoms with Crippen LogP contribution in [-0.2, 0) is 23.9 Å². The number of fused-ring (bicyclic) bond motifs is 2. The molecule has 5 rings (SSSR count). The van der Waals surface area contributed by atoms with E-state index in [0.29, 0.717) is 34.5 Å². The fraction of sp³-hybridized carbons (Fsp3) is 0.794. The second kappa shape index (κ2) is 9.90. The number of ketones is 2. The first-order valence-electron chi connectivity index (χ1n) is 15.5. The molecule has 0 amide bonds. The van der Waals surface area contributed by atoms with Crippen molar-refractivity contribution >= 4 is 17.5 Å². The second-order valence-electron chi connectivity index (χ2n) is 14.9. The Kier molecular flexibility index (Phi) is 7.35. The Morgan fingerprint density at radius 2 is 1.85 bits per heavy atom. The lowest BCUT2D eigenvalue weighted by Gasteiger charge is -2.61. The normalized spacial score (nSPS) is 45.3. The summed E-state index contributed by atoms with van der Waals surface area (Å²) in [5.74, 6) is 0.942. The smallest absolute Gasteiger partial charge is 0.304 e. The molecule has 0 aromatic carbocycles. The highest BCUT2D eigenvalue weighted by Gasteiger charge is 2.81. The van der Waals surface area contributed by atoms with E-state index in [1.54, 1.807) is 0 Å². The maximum atomic E-state index is 13.4. The van der Waals surface area contributed by atoms with E-state index in [4.69, 9.17) is 9.47 Å². The van der Waals surface area contributed by atoms with Crippen molar-refractivity contribution in [3.05, 3.63) is 24.3 Å². The molecular formula is C34H50O6. The minimum atomic E-state index is -1.11. The molecule has 0 aliphatic heterocycles. The lowest BCUT2D eigenvalue weighted by molar-refractivity contribution is -0.154. The summed E-state index contributed by atoms with van der Waals surface area (Å²) < 4.78 is 10.2. The van der Waals surface area contributed by atoms with Crippen LogP contribution in [0.3, 0.4) is 0 Å². The third-order valence-electron chi connectivity index (χ3n) is 13.3. The van der Waals surface area contributed by atoms with Crippen LogP contribution in [0, 0.1) is 63.1 Å². The number of carbonyl (C=O) groups excluding carboxylic acids is 3. The van der Waals surface area contributed by atoms with Crippen LogP contribution in [0.5, 0.6) is 0 Å². The van der Waals surface area contributed by atoms with Crippen LogP contribution in [0.1, 0.15) is 87.0 Å². The summed E-state index contributed by atoms with van der Waals surface area (Å²) in [6.07, 6.45) is 10.0. The maximum Gasteiger partial charge on any atom is 0.304 e. The number of ether oxygens (including phenoxy) is 2. The summed E-state index contributed by atoms with van der Waals surface area (Å²) in [5.41, 5.74) is 1.02. The topological polar surface area (TPSA) is 89.9 Å². The molecule has 0 bridgehead atoms. The van der Waals surface area contributed by atoms with E-state index in [1.165, 1.54) is 26.2 Å². The highest BCUT2D eigenvalue weighted by atomic mass is 16.7. The van der Waals surface area contributed by atoms with Crippen LogP contribution in [-0.4, -0.2) is 42.1 Å². The van der Waals surface area contributed by atoms with Crippen LogP contribution in [0.2, 0.25) is 0 Å². The molecule has 4 saturated carbocycles. The highest BCUT2D eigenvalue weighted by molar-refractivity contribution is 5.98. The zero-order valence-corrected chi connectivity index (χ0v) is 25.6. The molecule has 5 aliphatic rings. The molecule has 0 saturated heterocycles. The van der Waals surface area contributed by atoms with Crippen LogP contribution >= 0.6 is 0 Å². The van der Waals surface area contributed by atoms with Crippen LogP contribution in [0.25, 0.3) is 0 Å². The van der Waals surface area contributed by atoms with Crippen molar-refractivity contribution in [1.29, 1.82) is 0 Å². The van der Waals surface area contributed by atoms with Crippen LogP contribution in [0.15, 0.2) is 24.3 Å². The third-order valence-corrected chi connectivity index (χ3v) is 13.3. The predicted molar refractivity (Wildman–Crippen MR) is 153 cm³/mol. The Morgan fingerprint density at radius 1 is 1.15 bits per heavy atom. The fourth-order valence-electron chi connectivity index (χ4n) is 11.3. The van der Waals surface area contributed by atoms with Crippen molar-refractivity contribution in [2.45, 2.75) is 93.1 Å². The summed E-state index contributed by atoms with van der Waals surface area (Å²) in [7, 11) is 0. The van der Waals surface area contributed by atoms with Gasteiger partial charge in [-0.2, -0.15) is 0 Å². The Balaban J connectivity index is 1.32. The Morgan fingerprint density at radius 3 is 2.52 bits per heavy atom. The van der Waals surface area contributed by atoms with Crippen molar-refractivity contribution in [2.24, 2.45) is 63.1 Å². The van der Waals surface area contributed by atoms with Crippen LogP contribution in [0.4, 0.5) is 0 Å². The average molecular weight is 555 g/mol. The van der Waals surface area contributed by atoms with Crippen LogP contribution < -0.4 is 0 Å². The fourth-order valence-corrected chi connectivity index (χ4v) is 11.3. The quantitative estimate of drug-likeness (QED) is 0.165. The van der Waals surface area contributed by atoms with E-state index in [-0.39, 0.29) is 59.1 Å². The molecule has 6 heteroatoms. The predicted octanol–water partition coefficient (Wildman–Crippen LogP) is 5.92. The maximum absolute atomic E-state index is 13.4. The van der Waals surface area contributed by atoms with E-state index >= 15 is 0 Å². The lowest BCUT2D eigenvalue weighted by atomic mass is 9.43. The van der Waals surface area contributed by atoms with Gasteiger partial charge in [0.15, 0.2) is 18.4 Å². The number of carbonyl (C=O) groups is 3. The summed E-state index contributed by atoms with van der Waals surface area (Å²) in [6.45, 7) is 18.7. The van der Waals surface area contributed by atoms with E-state index in [2.05, 4.69) is 47.3 Å². The number of allylic oxidation sites excluding steroid dienone is 2. The van der Waals surface area contributed by atoms with Crippen molar-refractivity contribution < 1.29 is 29.0 Å². The van der Waals surface area contributed by atoms with Crippen molar-refractivity contribution in [2.75, 3.05) is 13.4 Å². The first kappa shape index (κ1) is 29.7. The number of hydrogen-bond donors (Lipinski definition) is 1. The molecule has 0 aromatic heterocycles. The molecule has 40 heavy (non-hydrogen) atoms. The summed E-state index contributed by atoms with van der Waals surface area (Å²) in [5, 5.41) is 11.5. The zero-order chi connectivity index (χ0) is 29.4. The molecule has 12 atom stereocenters. The molecule has 0 unspecified atom stereocenters.